The van der Waals surface area contributed by atoms with Crippen molar-refractivity contribution < 1.29 is 63.4 Å². The number of hydrogen-bond donors (Lipinski definition) is 0. The van der Waals surface area contributed by atoms with E-state index < -0.39 is 0 Å². The summed E-state index contributed by atoms with van der Waals surface area (Å²) in [4.78, 5) is 0. The van der Waals surface area contributed by atoms with Gasteiger partial charge in [0.2, 0.25) is 0 Å². The van der Waals surface area contributed by atoms with Crippen LogP contribution in [0.2, 0.25) is 0 Å². The van der Waals surface area contributed by atoms with E-state index in [9.17, 15) is 0 Å². The van der Waals surface area contributed by atoms with Gasteiger partial charge in [-0.15, -0.1) is 6.42 Å². The van der Waals surface area contributed by atoms with Crippen LogP contribution in [0.3, 0.4) is 0 Å². The van der Waals surface area contributed by atoms with Gasteiger partial charge in [0.25, 0.3) is 0 Å². The fraction of sp³-hybridized carbons (Fsp3) is 0.429. The van der Waals surface area contributed by atoms with E-state index in [0.717, 1.165) is 6.42 Å². The molecular formula is C7H9Cl3Zr. The maximum atomic E-state index is 3.19. The first-order chi connectivity index (χ1) is 3.29. The first-order valence-corrected chi connectivity index (χ1v) is 2.53. The van der Waals surface area contributed by atoms with Crippen LogP contribution in [0.4, 0.5) is 0 Å². The van der Waals surface area contributed by atoms with Crippen molar-refractivity contribution in [1.29, 1.82) is 0 Å². The molecule has 0 spiro atoms. The Balaban J connectivity index is -0.0000000612. The number of halogens is 3. The van der Waals surface area contributed by atoms with Crippen LogP contribution in [0, 0.1) is 6.08 Å². The SMILES string of the molecule is CC1=[C-]CC(C)=C1.[Cl-].[Cl-].[Cl-].[Zr+4]. The van der Waals surface area contributed by atoms with Crippen LogP contribution in [0.5, 0.6) is 0 Å². The summed E-state index contributed by atoms with van der Waals surface area (Å²) in [5.41, 5.74) is 2.72. The van der Waals surface area contributed by atoms with Crippen molar-refractivity contribution in [3.8, 4) is 0 Å². The average molecular weight is 291 g/mol. The van der Waals surface area contributed by atoms with Crippen molar-refractivity contribution in [2.45, 2.75) is 20.3 Å². The van der Waals surface area contributed by atoms with Gasteiger partial charge < -0.3 is 37.2 Å². The predicted molar refractivity (Wildman–Crippen MR) is 30.8 cm³/mol. The van der Waals surface area contributed by atoms with Crippen LogP contribution >= 0.6 is 0 Å². The fourth-order valence-electron chi connectivity index (χ4n) is 0.751. The average Bonchev–Trinajstić information content (AvgIpc) is 1.87. The van der Waals surface area contributed by atoms with Gasteiger partial charge in [-0.3, -0.25) is 6.08 Å². The molecule has 0 saturated carbocycles. The summed E-state index contributed by atoms with van der Waals surface area (Å²) in [5.74, 6) is 0. The molecule has 0 fully saturated rings. The molecule has 0 aromatic rings. The summed E-state index contributed by atoms with van der Waals surface area (Å²) >= 11 is 0. The maximum absolute atomic E-state index is 3.19. The van der Waals surface area contributed by atoms with Crippen molar-refractivity contribution >= 4 is 0 Å². The van der Waals surface area contributed by atoms with Crippen LogP contribution in [-0.4, -0.2) is 0 Å². The summed E-state index contributed by atoms with van der Waals surface area (Å²) in [5, 5.41) is 0. The van der Waals surface area contributed by atoms with Crippen LogP contribution in [0.1, 0.15) is 20.3 Å². The van der Waals surface area contributed by atoms with E-state index in [1.165, 1.54) is 11.1 Å². The summed E-state index contributed by atoms with van der Waals surface area (Å²) in [6.45, 7) is 4.21. The zero-order valence-corrected chi connectivity index (χ0v) is 11.1. The van der Waals surface area contributed by atoms with Gasteiger partial charge in [0.15, 0.2) is 0 Å². The molecular weight excluding hydrogens is 282 g/mol. The molecule has 0 aromatic carbocycles. The second-order valence-corrected chi connectivity index (χ2v) is 2.03. The van der Waals surface area contributed by atoms with E-state index in [2.05, 4.69) is 26.0 Å². The minimum Gasteiger partial charge on any atom is -1.00 e. The van der Waals surface area contributed by atoms with E-state index in [1.807, 2.05) is 0 Å². The molecule has 0 bridgehead atoms. The van der Waals surface area contributed by atoms with Crippen molar-refractivity contribution in [3.63, 3.8) is 0 Å². The van der Waals surface area contributed by atoms with Crippen LogP contribution < -0.4 is 37.2 Å². The third kappa shape index (κ3) is 9.14. The smallest absolute Gasteiger partial charge is 1.00 e. The normalized spacial score (nSPS) is 12.2. The third-order valence-electron chi connectivity index (χ3n) is 1.11. The summed E-state index contributed by atoms with van der Waals surface area (Å²) < 4.78 is 0. The van der Waals surface area contributed by atoms with Crippen LogP contribution in [0.25, 0.3) is 0 Å². The molecule has 0 amide bonds. The standard InChI is InChI=1S/C7H9.3ClH.Zr/c1-6-3-4-7(2)5-6;;;;/h5H,3H2,1-2H3;3*1H;/q-1;;;;+4/p-3. The molecule has 0 atom stereocenters. The van der Waals surface area contributed by atoms with Gasteiger partial charge in [-0.25, -0.2) is 11.6 Å². The predicted octanol–water partition coefficient (Wildman–Crippen LogP) is -6.90. The van der Waals surface area contributed by atoms with Crippen molar-refractivity contribution in [2.75, 3.05) is 0 Å². The van der Waals surface area contributed by atoms with Crippen molar-refractivity contribution in [3.05, 3.63) is 23.3 Å². The van der Waals surface area contributed by atoms with E-state index in [4.69, 9.17) is 0 Å². The second kappa shape index (κ2) is 11.2. The zero-order chi connectivity index (χ0) is 5.28. The summed E-state index contributed by atoms with van der Waals surface area (Å²) in [6.07, 6.45) is 6.41. The Morgan fingerprint density at radius 3 is 1.73 bits per heavy atom. The minimum atomic E-state index is 0. The quantitative estimate of drug-likeness (QED) is 0.389. The molecule has 0 aromatic heterocycles. The van der Waals surface area contributed by atoms with Gasteiger partial charge in [-0.1, -0.05) is 13.8 Å². The van der Waals surface area contributed by atoms with E-state index in [1.54, 1.807) is 0 Å². The van der Waals surface area contributed by atoms with Crippen molar-refractivity contribution in [1.82, 2.24) is 0 Å². The Morgan fingerprint density at radius 1 is 1.18 bits per heavy atom. The van der Waals surface area contributed by atoms with Gasteiger partial charge in [-0.2, -0.15) is 5.57 Å². The van der Waals surface area contributed by atoms with Crippen LogP contribution in [-0.2, 0) is 26.2 Å². The molecule has 0 saturated heterocycles. The number of allylic oxidation sites excluding steroid dienone is 4. The molecule has 0 aliphatic heterocycles. The Labute approximate surface area is 106 Å². The molecule has 0 radical (unpaired) electrons. The van der Waals surface area contributed by atoms with Gasteiger partial charge >= 0.3 is 26.2 Å². The zero-order valence-electron chi connectivity index (χ0n) is 6.42. The Kier molecular flexibility index (Phi) is 23.3. The molecule has 1 aliphatic carbocycles. The van der Waals surface area contributed by atoms with Crippen LogP contribution in [0.15, 0.2) is 17.2 Å². The number of hydrogen-bond acceptors (Lipinski definition) is 0. The molecule has 0 heterocycles. The second-order valence-electron chi connectivity index (χ2n) is 2.03. The van der Waals surface area contributed by atoms with E-state index >= 15 is 0 Å². The molecule has 11 heavy (non-hydrogen) atoms. The summed E-state index contributed by atoms with van der Waals surface area (Å²) in [7, 11) is 0. The van der Waals surface area contributed by atoms with Crippen molar-refractivity contribution in [2.24, 2.45) is 0 Å². The first-order valence-electron chi connectivity index (χ1n) is 2.53. The molecule has 4 heteroatoms. The first kappa shape index (κ1) is 22.8. The molecule has 1 aliphatic rings. The van der Waals surface area contributed by atoms with Gasteiger partial charge in [0, 0.05) is 0 Å². The summed E-state index contributed by atoms with van der Waals surface area (Å²) in [6, 6.07) is 0. The maximum Gasteiger partial charge on any atom is 4.00 e. The van der Waals surface area contributed by atoms with Gasteiger partial charge in [0.05, 0.1) is 0 Å². The third-order valence-corrected chi connectivity index (χ3v) is 1.11. The molecule has 0 nitrogen and oxygen atoms in total. The Bertz CT molecular complexity index is 141. The van der Waals surface area contributed by atoms with Gasteiger partial charge in [-0.05, 0) is 0 Å². The van der Waals surface area contributed by atoms with Gasteiger partial charge in [0.1, 0.15) is 0 Å². The largest absolute Gasteiger partial charge is 4.00 e. The molecule has 0 unspecified atom stereocenters. The monoisotopic (exact) mass is 288 g/mol. The fourth-order valence-corrected chi connectivity index (χ4v) is 0.751. The Morgan fingerprint density at radius 2 is 1.64 bits per heavy atom. The molecule has 62 valence electrons. The number of rotatable bonds is 0. The van der Waals surface area contributed by atoms with E-state index in [-0.39, 0.29) is 63.4 Å². The molecule has 1 rings (SSSR count). The topological polar surface area (TPSA) is 0 Å². The Hall–Kier alpha value is 1.23. The minimum absolute atomic E-state index is 0. The molecule has 0 N–H and O–H groups in total. The van der Waals surface area contributed by atoms with E-state index in [0.29, 0.717) is 0 Å².